The van der Waals surface area contributed by atoms with Gasteiger partial charge in [0.25, 0.3) is 0 Å². The van der Waals surface area contributed by atoms with Crippen molar-refractivity contribution in [1.82, 2.24) is 4.90 Å². The highest BCUT2D eigenvalue weighted by molar-refractivity contribution is 5.71. The molecule has 1 N–H and O–H groups in total. The Balaban J connectivity index is 2.57. The lowest BCUT2D eigenvalue weighted by molar-refractivity contribution is -0.145. The normalized spacial score (nSPS) is 12.1. The largest absolute Gasteiger partial charge is 0.481 e. The van der Waals surface area contributed by atoms with Crippen LogP contribution in [0.1, 0.15) is 32.3 Å². The molecule has 0 aliphatic rings. The van der Waals surface area contributed by atoms with Gasteiger partial charge >= 0.3 is 11.9 Å². The highest BCUT2D eigenvalue weighted by atomic mass is 16.5. The van der Waals surface area contributed by atoms with E-state index in [1.165, 1.54) is 0 Å². The first kappa shape index (κ1) is 18.2. The van der Waals surface area contributed by atoms with Gasteiger partial charge in [-0.05, 0) is 31.4 Å². The van der Waals surface area contributed by atoms with Gasteiger partial charge in [-0.15, -0.1) is 0 Å². The molecule has 0 saturated heterocycles. The first-order valence-corrected chi connectivity index (χ1v) is 7.65. The molecule has 0 aliphatic heterocycles. The summed E-state index contributed by atoms with van der Waals surface area (Å²) in [7, 11) is 0. The molecule has 0 aliphatic carbocycles. The van der Waals surface area contributed by atoms with E-state index in [-0.39, 0.29) is 24.9 Å². The second-order valence-corrected chi connectivity index (χ2v) is 5.49. The number of hydrogen-bond donors (Lipinski definition) is 1. The van der Waals surface area contributed by atoms with E-state index in [2.05, 4.69) is 0 Å². The van der Waals surface area contributed by atoms with Crippen molar-refractivity contribution in [1.29, 1.82) is 0 Å². The summed E-state index contributed by atoms with van der Waals surface area (Å²) in [6.45, 7) is 5.62. The predicted octanol–water partition coefficient (Wildman–Crippen LogP) is 2.55. The third-order valence-electron chi connectivity index (χ3n) is 3.37. The van der Waals surface area contributed by atoms with Crippen molar-refractivity contribution >= 4 is 11.9 Å². The summed E-state index contributed by atoms with van der Waals surface area (Å²) in [4.78, 5) is 24.4. The Morgan fingerprint density at radius 3 is 2.55 bits per heavy atom. The number of esters is 1. The van der Waals surface area contributed by atoms with Gasteiger partial charge in [0.05, 0.1) is 13.2 Å². The van der Waals surface area contributed by atoms with Crippen molar-refractivity contribution in [3.63, 3.8) is 0 Å². The van der Waals surface area contributed by atoms with Crippen LogP contribution in [0.4, 0.5) is 0 Å². The maximum atomic E-state index is 11.7. The van der Waals surface area contributed by atoms with Crippen LogP contribution in [0.2, 0.25) is 0 Å². The number of aliphatic carboxylic acids is 1. The quantitative estimate of drug-likeness (QED) is 0.673. The lowest BCUT2D eigenvalue weighted by Gasteiger charge is -2.22. The number of hydrogen-bond acceptors (Lipinski definition) is 4. The number of carboxylic acids is 1. The summed E-state index contributed by atoms with van der Waals surface area (Å²) in [5.41, 5.74) is 1.12. The number of rotatable bonds is 10. The Hall–Kier alpha value is -1.88. The molecule has 0 amide bonds. The van der Waals surface area contributed by atoms with Crippen molar-refractivity contribution in [3.8, 4) is 0 Å². The number of carboxylic acid groups (broad SMARTS) is 1. The van der Waals surface area contributed by atoms with Crippen molar-refractivity contribution in [3.05, 3.63) is 35.9 Å². The van der Waals surface area contributed by atoms with E-state index in [1.807, 2.05) is 42.2 Å². The summed E-state index contributed by atoms with van der Waals surface area (Å²) in [5, 5.41) is 8.81. The predicted molar refractivity (Wildman–Crippen MR) is 84.4 cm³/mol. The van der Waals surface area contributed by atoms with Gasteiger partial charge in [0.2, 0.25) is 0 Å². The zero-order valence-electron chi connectivity index (χ0n) is 13.3. The Labute approximate surface area is 131 Å². The Bertz CT molecular complexity index is 461. The molecule has 0 radical (unpaired) electrons. The highest BCUT2D eigenvalue weighted by Crippen LogP contribution is 2.11. The lowest BCUT2D eigenvalue weighted by Crippen LogP contribution is -2.32. The van der Waals surface area contributed by atoms with Crippen LogP contribution in [-0.2, 0) is 20.9 Å². The number of benzene rings is 1. The van der Waals surface area contributed by atoms with E-state index < -0.39 is 5.97 Å². The van der Waals surface area contributed by atoms with Crippen molar-refractivity contribution in [2.24, 2.45) is 5.92 Å². The molecular weight excluding hydrogens is 282 g/mol. The summed E-state index contributed by atoms with van der Waals surface area (Å²) in [6.07, 6.45) is 0.886. The molecule has 22 heavy (non-hydrogen) atoms. The molecule has 0 unspecified atom stereocenters. The molecule has 1 atom stereocenters. The van der Waals surface area contributed by atoms with Gasteiger partial charge in [-0.1, -0.05) is 37.3 Å². The summed E-state index contributed by atoms with van der Waals surface area (Å²) >= 11 is 0. The van der Waals surface area contributed by atoms with Gasteiger partial charge in [-0.25, -0.2) is 0 Å². The van der Waals surface area contributed by atoms with Crippen LogP contribution in [0.5, 0.6) is 0 Å². The fourth-order valence-electron chi connectivity index (χ4n) is 2.25. The molecule has 0 heterocycles. The van der Waals surface area contributed by atoms with Crippen LogP contribution in [0.15, 0.2) is 30.3 Å². The van der Waals surface area contributed by atoms with E-state index in [1.54, 1.807) is 6.92 Å². The first-order chi connectivity index (χ1) is 10.5. The topological polar surface area (TPSA) is 66.8 Å². The van der Waals surface area contributed by atoms with Gasteiger partial charge < -0.3 is 9.84 Å². The van der Waals surface area contributed by atoms with Crippen molar-refractivity contribution in [2.45, 2.75) is 33.2 Å². The Kier molecular flexibility index (Phi) is 8.22. The zero-order valence-corrected chi connectivity index (χ0v) is 13.3. The molecule has 0 fully saturated rings. The third kappa shape index (κ3) is 7.78. The van der Waals surface area contributed by atoms with Gasteiger partial charge in [0.15, 0.2) is 0 Å². The molecule has 1 aromatic carbocycles. The highest BCUT2D eigenvalue weighted by Gasteiger charge is 2.15. The minimum absolute atomic E-state index is 0.0815. The summed E-state index contributed by atoms with van der Waals surface area (Å²) in [5.74, 6) is -0.949. The monoisotopic (exact) mass is 307 g/mol. The lowest BCUT2D eigenvalue weighted by atomic mass is 10.0. The fourth-order valence-corrected chi connectivity index (χ4v) is 2.25. The average molecular weight is 307 g/mol. The van der Waals surface area contributed by atoms with E-state index >= 15 is 0 Å². The van der Waals surface area contributed by atoms with E-state index in [0.29, 0.717) is 19.7 Å². The number of carbonyl (C=O) groups is 2. The minimum Gasteiger partial charge on any atom is -0.481 e. The molecule has 0 aromatic heterocycles. The van der Waals surface area contributed by atoms with Gasteiger partial charge in [0.1, 0.15) is 0 Å². The smallest absolute Gasteiger partial charge is 0.320 e. The number of ether oxygens (including phenoxy) is 1. The van der Waals surface area contributed by atoms with Crippen LogP contribution >= 0.6 is 0 Å². The summed E-state index contributed by atoms with van der Waals surface area (Å²) < 4.78 is 5.01. The second-order valence-electron chi connectivity index (χ2n) is 5.49. The molecular formula is C17H25NO4. The molecule has 122 valence electrons. The van der Waals surface area contributed by atoms with Crippen LogP contribution < -0.4 is 0 Å². The van der Waals surface area contributed by atoms with Crippen LogP contribution in [0, 0.1) is 5.92 Å². The molecule has 5 nitrogen and oxygen atoms in total. The Morgan fingerprint density at radius 2 is 1.95 bits per heavy atom. The standard InChI is InChI=1S/C17H25NO4/c1-3-22-17(21)13-18(10-9-14(2)11-16(19)20)12-15-7-5-4-6-8-15/h4-8,14H,3,9-13H2,1-2H3,(H,19,20)/t14-/m0/s1. The van der Waals surface area contributed by atoms with E-state index in [9.17, 15) is 9.59 Å². The summed E-state index contributed by atoms with van der Waals surface area (Å²) in [6, 6.07) is 9.90. The third-order valence-corrected chi connectivity index (χ3v) is 3.37. The molecule has 1 rings (SSSR count). The zero-order chi connectivity index (χ0) is 16.4. The van der Waals surface area contributed by atoms with Gasteiger partial charge in [-0.2, -0.15) is 0 Å². The number of carbonyl (C=O) groups excluding carboxylic acids is 1. The molecule has 5 heteroatoms. The van der Waals surface area contributed by atoms with Gasteiger partial charge in [0, 0.05) is 13.0 Å². The molecule has 0 saturated carbocycles. The average Bonchev–Trinajstić information content (AvgIpc) is 2.45. The SMILES string of the molecule is CCOC(=O)CN(CC[C@H](C)CC(=O)O)Cc1ccccc1. The van der Waals surface area contributed by atoms with Gasteiger partial charge in [-0.3, -0.25) is 14.5 Å². The fraction of sp³-hybridized carbons (Fsp3) is 0.529. The molecule has 0 bridgehead atoms. The maximum absolute atomic E-state index is 11.7. The van der Waals surface area contributed by atoms with Crippen molar-refractivity contribution < 1.29 is 19.4 Å². The van der Waals surface area contributed by atoms with E-state index in [4.69, 9.17) is 9.84 Å². The first-order valence-electron chi connectivity index (χ1n) is 7.65. The number of nitrogens with zero attached hydrogens (tertiary/aromatic N) is 1. The van der Waals surface area contributed by atoms with Crippen LogP contribution in [0.3, 0.4) is 0 Å². The molecule has 1 aromatic rings. The van der Waals surface area contributed by atoms with Crippen LogP contribution in [-0.4, -0.2) is 41.6 Å². The molecule has 0 spiro atoms. The van der Waals surface area contributed by atoms with Crippen LogP contribution in [0.25, 0.3) is 0 Å². The Morgan fingerprint density at radius 1 is 1.27 bits per heavy atom. The maximum Gasteiger partial charge on any atom is 0.320 e. The van der Waals surface area contributed by atoms with Crippen molar-refractivity contribution in [2.75, 3.05) is 19.7 Å². The second kappa shape index (κ2) is 9.95. The van der Waals surface area contributed by atoms with E-state index in [0.717, 1.165) is 12.0 Å². The minimum atomic E-state index is -0.785.